The van der Waals surface area contributed by atoms with Crippen LogP contribution in [-0.2, 0) is 19.1 Å². The number of likely N-dealkylation sites (N-methyl/N-ethyl adjacent to an activating group) is 1. The highest BCUT2D eigenvalue weighted by atomic mass is 16.5. The number of amides is 3. The minimum Gasteiger partial charge on any atom is -0.466 e. The molecule has 1 saturated heterocycles. The van der Waals surface area contributed by atoms with Gasteiger partial charge in [0.05, 0.1) is 19.1 Å². The molecule has 2 aromatic carbocycles. The Morgan fingerprint density at radius 2 is 1.88 bits per heavy atom. The van der Waals surface area contributed by atoms with Crippen LogP contribution in [0.5, 0.6) is 0 Å². The fourth-order valence-corrected chi connectivity index (χ4v) is 3.95. The molecule has 1 aliphatic rings. The molecule has 1 unspecified atom stereocenters. The first-order chi connectivity index (χ1) is 15.9. The van der Waals surface area contributed by atoms with Crippen LogP contribution in [0.2, 0.25) is 0 Å². The van der Waals surface area contributed by atoms with Crippen molar-refractivity contribution < 1.29 is 23.9 Å². The van der Waals surface area contributed by atoms with E-state index in [4.69, 9.17) is 4.74 Å². The molecular formula is C25H31N3O5. The monoisotopic (exact) mass is 453 g/mol. The third-order valence-electron chi connectivity index (χ3n) is 5.83. The molecule has 176 valence electrons. The largest absolute Gasteiger partial charge is 0.466 e. The average Bonchev–Trinajstić information content (AvgIpc) is 2.83. The molecule has 0 aromatic heterocycles. The molecule has 1 N–H and O–H groups in total. The summed E-state index contributed by atoms with van der Waals surface area (Å²) in [5.74, 6) is -1.26. The minimum atomic E-state index is -0.311. The highest BCUT2D eigenvalue weighted by Gasteiger charge is 2.30. The van der Waals surface area contributed by atoms with Crippen LogP contribution in [0.4, 0.5) is 0 Å². The fourth-order valence-electron chi connectivity index (χ4n) is 3.95. The van der Waals surface area contributed by atoms with Crippen molar-refractivity contribution in [1.29, 1.82) is 0 Å². The van der Waals surface area contributed by atoms with Crippen molar-refractivity contribution in [1.82, 2.24) is 15.1 Å². The molecule has 3 rings (SSSR count). The van der Waals surface area contributed by atoms with Crippen LogP contribution in [0.3, 0.4) is 0 Å². The number of carbonyl (C=O) groups is 4. The zero-order chi connectivity index (χ0) is 23.8. The predicted molar refractivity (Wildman–Crippen MR) is 124 cm³/mol. The molecule has 3 amide bonds. The van der Waals surface area contributed by atoms with E-state index in [1.54, 1.807) is 24.9 Å². The van der Waals surface area contributed by atoms with Crippen molar-refractivity contribution in [3.8, 4) is 0 Å². The molecule has 8 nitrogen and oxygen atoms in total. The van der Waals surface area contributed by atoms with Gasteiger partial charge in [-0.1, -0.05) is 30.3 Å². The molecule has 0 spiro atoms. The van der Waals surface area contributed by atoms with Gasteiger partial charge in [-0.15, -0.1) is 0 Å². The standard InChI is InChI=1S/C25H31N3O5/c1-3-33-25(32)21-9-6-14-28(16-21)23(30)17-27(2)22(29)12-13-26-24(31)20-11-10-18-7-4-5-8-19(18)15-20/h4-5,7-8,10-11,15,21H,3,6,9,12-14,16-17H2,1-2H3,(H,26,31). The zero-order valence-electron chi connectivity index (χ0n) is 19.2. The smallest absolute Gasteiger partial charge is 0.310 e. The van der Waals surface area contributed by atoms with Crippen molar-refractivity contribution in [3.63, 3.8) is 0 Å². The Labute approximate surface area is 193 Å². The number of nitrogens with zero attached hydrogens (tertiary/aromatic N) is 2. The van der Waals surface area contributed by atoms with Gasteiger partial charge in [-0.05, 0) is 42.7 Å². The van der Waals surface area contributed by atoms with Gasteiger partial charge in [0.2, 0.25) is 11.8 Å². The number of hydrogen-bond acceptors (Lipinski definition) is 5. The number of benzene rings is 2. The van der Waals surface area contributed by atoms with Crippen LogP contribution in [0, 0.1) is 5.92 Å². The molecule has 1 aliphatic heterocycles. The van der Waals surface area contributed by atoms with Crippen LogP contribution >= 0.6 is 0 Å². The molecule has 2 aromatic rings. The number of likely N-dealkylation sites (tertiary alicyclic amines) is 1. The van der Waals surface area contributed by atoms with Gasteiger partial charge in [-0.3, -0.25) is 19.2 Å². The number of carbonyl (C=O) groups excluding carboxylic acids is 4. The fraction of sp³-hybridized carbons (Fsp3) is 0.440. The summed E-state index contributed by atoms with van der Waals surface area (Å²) < 4.78 is 5.07. The zero-order valence-corrected chi connectivity index (χ0v) is 19.2. The van der Waals surface area contributed by atoms with Crippen molar-refractivity contribution in [3.05, 3.63) is 48.0 Å². The van der Waals surface area contributed by atoms with E-state index < -0.39 is 0 Å². The quantitative estimate of drug-likeness (QED) is 0.619. The maximum Gasteiger partial charge on any atom is 0.310 e. The number of hydrogen-bond donors (Lipinski definition) is 1. The third-order valence-corrected chi connectivity index (χ3v) is 5.83. The Morgan fingerprint density at radius 3 is 2.64 bits per heavy atom. The Bertz CT molecular complexity index is 1020. The number of nitrogens with one attached hydrogen (secondary N) is 1. The normalized spacial score (nSPS) is 15.7. The Kier molecular flexibility index (Phi) is 8.40. The van der Waals surface area contributed by atoms with Gasteiger partial charge in [0.1, 0.15) is 0 Å². The lowest BCUT2D eigenvalue weighted by Crippen LogP contribution is -2.47. The van der Waals surface area contributed by atoms with E-state index >= 15 is 0 Å². The molecule has 0 saturated carbocycles. The lowest BCUT2D eigenvalue weighted by molar-refractivity contribution is -0.152. The van der Waals surface area contributed by atoms with Gasteiger partial charge in [-0.25, -0.2) is 0 Å². The summed E-state index contributed by atoms with van der Waals surface area (Å²) >= 11 is 0. The van der Waals surface area contributed by atoms with Crippen molar-refractivity contribution in [2.75, 3.05) is 39.8 Å². The summed E-state index contributed by atoms with van der Waals surface area (Å²) in [4.78, 5) is 52.4. The van der Waals surface area contributed by atoms with Crippen molar-refractivity contribution in [2.24, 2.45) is 5.92 Å². The summed E-state index contributed by atoms with van der Waals surface area (Å²) in [5.41, 5.74) is 0.533. The summed E-state index contributed by atoms with van der Waals surface area (Å²) in [6.07, 6.45) is 1.52. The lowest BCUT2D eigenvalue weighted by Gasteiger charge is -2.32. The van der Waals surface area contributed by atoms with Crippen LogP contribution in [0.1, 0.15) is 36.5 Å². The van der Waals surface area contributed by atoms with Crippen molar-refractivity contribution >= 4 is 34.5 Å². The van der Waals surface area contributed by atoms with Gasteiger partial charge in [0.25, 0.3) is 5.91 Å². The van der Waals surface area contributed by atoms with Crippen LogP contribution in [0.25, 0.3) is 10.8 Å². The Morgan fingerprint density at radius 1 is 1.12 bits per heavy atom. The first-order valence-electron chi connectivity index (χ1n) is 11.3. The number of rotatable bonds is 8. The van der Waals surface area contributed by atoms with Crippen LogP contribution in [0.15, 0.2) is 42.5 Å². The molecule has 8 heteroatoms. The number of piperidine rings is 1. The maximum atomic E-state index is 12.6. The number of ether oxygens (including phenoxy) is 1. The molecule has 1 heterocycles. The average molecular weight is 454 g/mol. The lowest BCUT2D eigenvalue weighted by atomic mass is 9.98. The van der Waals surface area contributed by atoms with E-state index in [-0.39, 0.29) is 49.1 Å². The molecule has 1 fully saturated rings. The second-order valence-corrected chi connectivity index (χ2v) is 8.25. The van der Waals surface area contributed by atoms with Crippen molar-refractivity contribution in [2.45, 2.75) is 26.2 Å². The van der Waals surface area contributed by atoms with Gasteiger partial charge in [-0.2, -0.15) is 0 Å². The molecule has 0 aliphatic carbocycles. The van der Waals surface area contributed by atoms with Crippen LogP contribution < -0.4 is 5.32 Å². The molecular weight excluding hydrogens is 422 g/mol. The van der Waals surface area contributed by atoms with E-state index in [2.05, 4.69) is 5.32 Å². The molecule has 1 atom stereocenters. The summed E-state index contributed by atoms with van der Waals surface area (Å²) in [7, 11) is 1.57. The third kappa shape index (κ3) is 6.54. The van der Waals surface area contributed by atoms with Gasteiger partial charge < -0.3 is 19.9 Å². The van der Waals surface area contributed by atoms with Gasteiger partial charge in [0.15, 0.2) is 0 Å². The second-order valence-electron chi connectivity index (χ2n) is 8.25. The SMILES string of the molecule is CCOC(=O)C1CCCN(C(=O)CN(C)C(=O)CCNC(=O)c2ccc3ccccc3c2)C1. The highest BCUT2D eigenvalue weighted by molar-refractivity contribution is 5.98. The van der Waals surface area contributed by atoms with Crippen LogP contribution in [-0.4, -0.2) is 73.3 Å². The second kappa shape index (κ2) is 11.4. The molecule has 0 bridgehead atoms. The van der Waals surface area contributed by atoms with E-state index in [9.17, 15) is 19.2 Å². The summed E-state index contributed by atoms with van der Waals surface area (Å²) in [6.45, 7) is 3.08. The van der Waals surface area contributed by atoms with E-state index in [1.807, 2.05) is 36.4 Å². The topological polar surface area (TPSA) is 96.0 Å². The molecule has 33 heavy (non-hydrogen) atoms. The molecule has 0 radical (unpaired) electrons. The first kappa shape index (κ1) is 24.2. The highest BCUT2D eigenvalue weighted by Crippen LogP contribution is 2.18. The van der Waals surface area contributed by atoms with Gasteiger partial charge in [0, 0.05) is 38.7 Å². The first-order valence-corrected chi connectivity index (χ1v) is 11.3. The minimum absolute atomic E-state index is 0.0625. The number of esters is 1. The number of fused-ring (bicyclic) bond motifs is 1. The Hall–Kier alpha value is -3.42. The summed E-state index contributed by atoms with van der Waals surface area (Å²) in [5, 5.41) is 4.79. The summed E-state index contributed by atoms with van der Waals surface area (Å²) in [6, 6.07) is 13.3. The van der Waals surface area contributed by atoms with E-state index in [0.29, 0.717) is 31.7 Å². The van der Waals surface area contributed by atoms with Gasteiger partial charge >= 0.3 is 5.97 Å². The maximum absolute atomic E-state index is 12.6. The Balaban J connectivity index is 1.43. The predicted octanol–water partition coefficient (Wildman–Crippen LogP) is 2.22. The van der Waals surface area contributed by atoms with E-state index in [0.717, 1.165) is 17.2 Å². The van der Waals surface area contributed by atoms with E-state index in [1.165, 1.54) is 4.90 Å².